The van der Waals surface area contributed by atoms with Crippen molar-refractivity contribution >= 4 is 29.9 Å². The lowest BCUT2D eigenvalue weighted by molar-refractivity contribution is -0.0139. The first kappa shape index (κ1) is 24.9. The van der Waals surface area contributed by atoms with Crippen LogP contribution in [0.1, 0.15) is 52.4 Å². The summed E-state index contributed by atoms with van der Waals surface area (Å²) in [6, 6.07) is 0.511. The lowest BCUT2D eigenvalue weighted by Crippen LogP contribution is -2.54. The number of hydrogen-bond donors (Lipinski definition) is 2. The van der Waals surface area contributed by atoms with Gasteiger partial charge in [0.1, 0.15) is 0 Å². The highest BCUT2D eigenvalue weighted by Crippen LogP contribution is 2.31. The molecule has 0 amide bonds. The third kappa shape index (κ3) is 7.36. The molecule has 0 unspecified atom stereocenters. The molecule has 0 saturated carbocycles. The van der Waals surface area contributed by atoms with E-state index in [1.165, 1.54) is 44.3 Å². The van der Waals surface area contributed by atoms with Crippen LogP contribution in [0, 0.1) is 0 Å². The molecule has 3 heterocycles. The van der Waals surface area contributed by atoms with Crippen LogP contribution in [0.2, 0.25) is 0 Å². The Labute approximate surface area is 194 Å². The Morgan fingerprint density at radius 3 is 2.38 bits per heavy atom. The molecule has 0 aromatic heterocycles. The molecule has 0 aliphatic carbocycles. The standard InChI is InChI=1S/C22H41N5O.HI/c1-4-23-21(25-20-7-13-26(14-8-20)17-19(2)3)24-18-22(9-15-28-16-10-22)27-11-5-6-12-27;/h20H,2,4-18H2,1,3H3,(H2,23,24,25);1H. The maximum absolute atomic E-state index is 5.68. The molecule has 2 N–H and O–H groups in total. The number of aliphatic imine (C=N–C) groups is 1. The average Bonchev–Trinajstić information content (AvgIpc) is 3.24. The van der Waals surface area contributed by atoms with Crippen molar-refractivity contribution in [1.82, 2.24) is 20.4 Å². The number of ether oxygens (including phenoxy) is 1. The molecule has 29 heavy (non-hydrogen) atoms. The van der Waals surface area contributed by atoms with Gasteiger partial charge in [-0.15, -0.1) is 24.0 Å². The van der Waals surface area contributed by atoms with E-state index in [0.29, 0.717) is 6.04 Å². The van der Waals surface area contributed by atoms with E-state index in [2.05, 4.69) is 40.9 Å². The van der Waals surface area contributed by atoms with Gasteiger partial charge in [0.15, 0.2) is 5.96 Å². The third-order valence-corrected chi connectivity index (χ3v) is 6.50. The van der Waals surface area contributed by atoms with Gasteiger partial charge in [-0.25, -0.2) is 0 Å². The number of halogens is 1. The molecule has 3 aliphatic heterocycles. The van der Waals surface area contributed by atoms with Gasteiger partial charge >= 0.3 is 0 Å². The van der Waals surface area contributed by atoms with Crippen LogP contribution < -0.4 is 10.6 Å². The van der Waals surface area contributed by atoms with E-state index in [4.69, 9.17) is 9.73 Å². The van der Waals surface area contributed by atoms with Crippen LogP contribution in [0.25, 0.3) is 0 Å². The number of rotatable bonds is 7. The lowest BCUT2D eigenvalue weighted by Gasteiger charge is -2.43. The van der Waals surface area contributed by atoms with Crippen LogP contribution >= 0.6 is 24.0 Å². The van der Waals surface area contributed by atoms with E-state index in [1.807, 2.05) is 0 Å². The van der Waals surface area contributed by atoms with Gasteiger partial charge in [0, 0.05) is 51.0 Å². The first-order valence-corrected chi connectivity index (χ1v) is 11.4. The minimum atomic E-state index is 0. The molecule has 3 fully saturated rings. The molecule has 0 radical (unpaired) electrons. The Morgan fingerprint density at radius 1 is 1.14 bits per heavy atom. The molecule has 168 valence electrons. The van der Waals surface area contributed by atoms with Gasteiger partial charge in [-0.1, -0.05) is 12.2 Å². The molecule has 6 nitrogen and oxygen atoms in total. The summed E-state index contributed by atoms with van der Waals surface area (Å²) in [7, 11) is 0. The summed E-state index contributed by atoms with van der Waals surface area (Å²) in [5, 5.41) is 7.20. The Balaban J connectivity index is 0.00000300. The zero-order valence-corrected chi connectivity index (χ0v) is 20.9. The number of guanidine groups is 1. The second-order valence-corrected chi connectivity index (χ2v) is 8.88. The highest BCUT2D eigenvalue weighted by Gasteiger charge is 2.39. The number of likely N-dealkylation sites (tertiary alicyclic amines) is 2. The second-order valence-electron chi connectivity index (χ2n) is 8.88. The van der Waals surface area contributed by atoms with E-state index in [1.54, 1.807) is 0 Å². The SMILES string of the molecule is C=C(C)CN1CCC(NC(=NCC2(N3CCCC3)CCOCC2)NCC)CC1.I. The molecule has 0 spiro atoms. The monoisotopic (exact) mass is 519 g/mol. The van der Waals surface area contributed by atoms with E-state index >= 15 is 0 Å². The molecule has 7 heteroatoms. The first-order chi connectivity index (χ1) is 13.6. The Kier molecular flexibility index (Phi) is 10.7. The largest absolute Gasteiger partial charge is 0.381 e. The van der Waals surface area contributed by atoms with Crippen molar-refractivity contribution < 1.29 is 4.74 Å². The maximum atomic E-state index is 5.68. The minimum Gasteiger partial charge on any atom is -0.381 e. The zero-order valence-electron chi connectivity index (χ0n) is 18.5. The number of nitrogens with one attached hydrogen (secondary N) is 2. The van der Waals surface area contributed by atoms with Crippen LogP contribution in [0.4, 0.5) is 0 Å². The van der Waals surface area contributed by atoms with Crippen molar-refractivity contribution in [3.05, 3.63) is 12.2 Å². The summed E-state index contributed by atoms with van der Waals surface area (Å²) in [5.74, 6) is 0.992. The second kappa shape index (κ2) is 12.5. The molecule has 0 aromatic carbocycles. The molecule has 0 aromatic rings. The highest BCUT2D eigenvalue weighted by atomic mass is 127. The van der Waals surface area contributed by atoms with Crippen LogP contribution in [0.15, 0.2) is 17.1 Å². The van der Waals surface area contributed by atoms with Crippen molar-refractivity contribution in [2.75, 3.05) is 59.0 Å². The van der Waals surface area contributed by atoms with Crippen LogP contribution in [-0.4, -0.2) is 86.4 Å². The van der Waals surface area contributed by atoms with Gasteiger partial charge in [-0.05, 0) is 65.5 Å². The normalized spacial score (nSPS) is 24.1. The molecule has 3 rings (SSSR count). The first-order valence-electron chi connectivity index (χ1n) is 11.4. The fourth-order valence-corrected chi connectivity index (χ4v) is 4.87. The predicted molar refractivity (Wildman–Crippen MR) is 132 cm³/mol. The number of nitrogens with zero attached hydrogens (tertiary/aromatic N) is 3. The van der Waals surface area contributed by atoms with Crippen molar-refractivity contribution in [1.29, 1.82) is 0 Å². The minimum absolute atomic E-state index is 0. The van der Waals surface area contributed by atoms with Gasteiger partial charge in [0.25, 0.3) is 0 Å². The summed E-state index contributed by atoms with van der Waals surface area (Å²) in [5.41, 5.74) is 1.45. The molecule has 3 saturated heterocycles. The molecular formula is C22H42IN5O. The molecule has 3 aliphatic rings. The quantitative estimate of drug-likeness (QED) is 0.235. The zero-order chi connectivity index (χ0) is 19.8. The van der Waals surface area contributed by atoms with Crippen molar-refractivity contribution in [3.63, 3.8) is 0 Å². The molecule has 0 bridgehead atoms. The summed E-state index contributed by atoms with van der Waals surface area (Å²) in [4.78, 5) is 10.3. The summed E-state index contributed by atoms with van der Waals surface area (Å²) < 4.78 is 5.68. The summed E-state index contributed by atoms with van der Waals surface area (Å²) >= 11 is 0. The van der Waals surface area contributed by atoms with Crippen molar-refractivity contribution in [3.8, 4) is 0 Å². The smallest absolute Gasteiger partial charge is 0.191 e. The van der Waals surface area contributed by atoms with E-state index in [-0.39, 0.29) is 29.5 Å². The fraction of sp³-hybridized carbons (Fsp3) is 0.864. The van der Waals surface area contributed by atoms with Gasteiger partial charge in [0.05, 0.1) is 6.54 Å². The summed E-state index contributed by atoms with van der Waals surface area (Å²) in [6.45, 7) is 17.6. The topological polar surface area (TPSA) is 52.1 Å². The van der Waals surface area contributed by atoms with Gasteiger partial charge in [-0.2, -0.15) is 0 Å². The van der Waals surface area contributed by atoms with E-state index in [0.717, 1.165) is 64.7 Å². The number of hydrogen-bond acceptors (Lipinski definition) is 4. The molecule has 0 atom stereocenters. The Morgan fingerprint density at radius 2 is 1.79 bits per heavy atom. The third-order valence-electron chi connectivity index (χ3n) is 6.50. The number of piperidine rings is 1. The van der Waals surface area contributed by atoms with Gasteiger partial charge < -0.3 is 15.4 Å². The Hall–Kier alpha value is -0.380. The summed E-state index contributed by atoms with van der Waals surface area (Å²) in [6.07, 6.45) is 7.21. The van der Waals surface area contributed by atoms with Gasteiger partial charge in [0.2, 0.25) is 0 Å². The van der Waals surface area contributed by atoms with E-state index in [9.17, 15) is 0 Å². The van der Waals surface area contributed by atoms with Crippen LogP contribution in [0.3, 0.4) is 0 Å². The average molecular weight is 520 g/mol. The van der Waals surface area contributed by atoms with Crippen molar-refractivity contribution in [2.45, 2.75) is 64.0 Å². The van der Waals surface area contributed by atoms with Gasteiger partial charge in [-0.3, -0.25) is 14.8 Å². The molecular weight excluding hydrogens is 477 g/mol. The fourth-order valence-electron chi connectivity index (χ4n) is 4.87. The van der Waals surface area contributed by atoms with E-state index < -0.39 is 0 Å². The predicted octanol–water partition coefficient (Wildman–Crippen LogP) is 2.85. The van der Waals surface area contributed by atoms with Crippen LogP contribution in [0.5, 0.6) is 0 Å². The lowest BCUT2D eigenvalue weighted by atomic mass is 9.88. The maximum Gasteiger partial charge on any atom is 0.191 e. The van der Waals surface area contributed by atoms with Crippen LogP contribution in [-0.2, 0) is 4.74 Å². The highest BCUT2D eigenvalue weighted by molar-refractivity contribution is 14.0. The van der Waals surface area contributed by atoms with Crippen molar-refractivity contribution in [2.24, 2.45) is 4.99 Å². The Bertz CT molecular complexity index is 521.